The molecule has 0 aliphatic carbocycles. The normalized spacial score (nSPS) is 21.4. The van der Waals surface area contributed by atoms with Crippen molar-refractivity contribution in [1.82, 2.24) is 15.5 Å². The average Bonchev–Trinajstić information content (AvgIpc) is 2.93. The number of carbonyl (C=O) groups is 1. The van der Waals surface area contributed by atoms with Crippen molar-refractivity contribution >= 4 is 15.8 Å². The molecule has 1 unspecified atom stereocenters. The van der Waals surface area contributed by atoms with Gasteiger partial charge in [-0.1, -0.05) is 0 Å². The summed E-state index contributed by atoms with van der Waals surface area (Å²) >= 11 is 0. The molecular weight excluding hydrogens is 274 g/mol. The van der Waals surface area contributed by atoms with Crippen molar-refractivity contribution in [1.29, 1.82) is 0 Å². The van der Waals surface area contributed by atoms with E-state index in [0.29, 0.717) is 6.42 Å². The van der Waals surface area contributed by atoms with Crippen LogP contribution in [0.4, 0.5) is 0 Å². The van der Waals surface area contributed by atoms with E-state index in [1.54, 1.807) is 6.92 Å². The number of hydrogen-bond donors (Lipinski definition) is 1. The Morgan fingerprint density at radius 3 is 3.00 bits per heavy atom. The van der Waals surface area contributed by atoms with Gasteiger partial charge in [0, 0.05) is 6.04 Å². The molecule has 0 spiro atoms. The molecule has 1 aromatic heterocycles. The summed E-state index contributed by atoms with van der Waals surface area (Å²) in [4.78, 5) is 15.2. The van der Waals surface area contributed by atoms with Crippen LogP contribution in [0.15, 0.2) is 4.52 Å². The first kappa shape index (κ1) is 13.9. The van der Waals surface area contributed by atoms with E-state index in [9.17, 15) is 13.2 Å². The zero-order valence-corrected chi connectivity index (χ0v) is 11.3. The van der Waals surface area contributed by atoms with Crippen LogP contribution in [-0.2, 0) is 21.1 Å². The molecule has 8 nitrogen and oxygen atoms in total. The zero-order chi connectivity index (χ0) is 13.9. The molecule has 1 aliphatic rings. The van der Waals surface area contributed by atoms with Crippen molar-refractivity contribution in [3.63, 3.8) is 0 Å². The molecule has 2 rings (SSSR count). The van der Waals surface area contributed by atoms with Crippen LogP contribution in [-0.4, -0.2) is 48.7 Å². The molecule has 19 heavy (non-hydrogen) atoms. The smallest absolute Gasteiger partial charge is 0.379 e. The van der Waals surface area contributed by atoms with Crippen LogP contribution in [0.1, 0.15) is 29.9 Å². The maximum Gasteiger partial charge on any atom is 0.379 e. The van der Waals surface area contributed by atoms with E-state index < -0.39 is 15.8 Å². The quantitative estimate of drug-likeness (QED) is 0.724. The van der Waals surface area contributed by atoms with Crippen molar-refractivity contribution < 1.29 is 22.5 Å². The molecule has 0 aromatic carbocycles. The van der Waals surface area contributed by atoms with Gasteiger partial charge in [0.25, 0.3) is 5.82 Å². The first-order chi connectivity index (χ1) is 9.00. The van der Waals surface area contributed by atoms with Gasteiger partial charge in [0.15, 0.2) is 9.84 Å². The number of sulfone groups is 1. The van der Waals surface area contributed by atoms with Gasteiger partial charge in [-0.15, -0.1) is 0 Å². The lowest BCUT2D eigenvalue weighted by Crippen LogP contribution is -2.29. The molecule has 0 saturated carbocycles. The maximum absolute atomic E-state index is 11.3. The van der Waals surface area contributed by atoms with E-state index >= 15 is 0 Å². The Hall–Kier alpha value is -1.48. The standard InChI is InChI=1S/C10H15N3O5S/c1-2-17-10(14)9-12-8(18-13-9)5-11-7-3-4-19(15,16)6-7/h7,11H,2-6H2,1H3. The van der Waals surface area contributed by atoms with Gasteiger partial charge in [0.2, 0.25) is 5.89 Å². The molecule has 106 valence electrons. The van der Waals surface area contributed by atoms with E-state index in [1.165, 1.54) is 0 Å². The largest absolute Gasteiger partial charge is 0.460 e. The second-order valence-corrected chi connectivity index (χ2v) is 6.44. The highest BCUT2D eigenvalue weighted by atomic mass is 32.2. The summed E-state index contributed by atoms with van der Waals surface area (Å²) in [6.45, 7) is 2.15. The molecular formula is C10H15N3O5S. The van der Waals surface area contributed by atoms with Gasteiger partial charge in [-0.2, -0.15) is 4.98 Å². The number of aromatic nitrogens is 2. The third kappa shape index (κ3) is 3.74. The van der Waals surface area contributed by atoms with Crippen molar-refractivity contribution in [2.24, 2.45) is 0 Å². The van der Waals surface area contributed by atoms with Gasteiger partial charge >= 0.3 is 5.97 Å². The summed E-state index contributed by atoms with van der Waals surface area (Å²) in [5, 5.41) is 6.50. The van der Waals surface area contributed by atoms with Gasteiger partial charge in [0.1, 0.15) is 0 Å². The van der Waals surface area contributed by atoms with Crippen molar-refractivity contribution in [3.8, 4) is 0 Å². The van der Waals surface area contributed by atoms with Crippen LogP contribution >= 0.6 is 0 Å². The number of nitrogens with one attached hydrogen (secondary N) is 1. The summed E-state index contributed by atoms with van der Waals surface area (Å²) in [5.41, 5.74) is 0. The third-order valence-electron chi connectivity index (χ3n) is 2.70. The van der Waals surface area contributed by atoms with Crippen LogP contribution < -0.4 is 5.32 Å². The highest BCUT2D eigenvalue weighted by Gasteiger charge is 2.27. The molecule has 9 heteroatoms. The first-order valence-electron chi connectivity index (χ1n) is 5.93. The summed E-state index contributed by atoms with van der Waals surface area (Å²) in [5.74, 6) is -0.222. The molecule has 1 saturated heterocycles. The maximum atomic E-state index is 11.3. The fraction of sp³-hybridized carbons (Fsp3) is 0.700. The number of rotatable bonds is 5. The zero-order valence-electron chi connectivity index (χ0n) is 10.5. The number of nitrogens with zero attached hydrogens (tertiary/aromatic N) is 2. The van der Waals surface area contributed by atoms with Crippen LogP contribution in [0.5, 0.6) is 0 Å². The minimum absolute atomic E-state index is 0.108. The van der Waals surface area contributed by atoms with Gasteiger partial charge in [-0.25, -0.2) is 13.2 Å². The minimum atomic E-state index is -2.92. The van der Waals surface area contributed by atoms with E-state index in [2.05, 4.69) is 15.5 Å². The Balaban J connectivity index is 1.86. The monoisotopic (exact) mass is 289 g/mol. The molecule has 1 aliphatic heterocycles. The predicted octanol–water partition coefficient (Wildman–Crippen LogP) is -0.477. The number of carbonyl (C=O) groups excluding carboxylic acids is 1. The lowest BCUT2D eigenvalue weighted by molar-refractivity contribution is 0.0508. The lowest BCUT2D eigenvalue weighted by Gasteiger charge is -2.06. The number of esters is 1. The molecule has 1 atom stereocenters. The number of ether oxygens (including phenoxy) is 1. The van der Waals surface area contributed by atoms with Gasteiger partial charge in [-0.05, 0) is 18.5 Å². The van der Waals surface area contributed by atoms with Gasteiger partial charge in [0.05, 0.1) is 24.7 Å². The highest BCUT2D eigenvalue weighted by Crippen LogP contribution is 2.11. The van der Waals surface area contributed by atoms with E-state index in [0.717, 1.165) is 0 Å². The summed E-state index contributed by atoms with van der Waals surface area (Å²) in [6, 6.07) is -0.108. The van der Waals surface area contributed by atoms with Gasteiger partial charge < -0.3 is 14.6 Å². The highest BCUT2D eigenvalue weighted by molar-refractivity contribution is 7.91. The SMILES string of the molecule is CCOC(=O)c1noc(CNC2CCS(=O)(=O)C2)n1. The topological polar surface area (TPSA) is 111 Å². The molecule has 1 fully saturated rings. The molecule has 2 heterocycles. The van der Waals surface area contributed by atoms with Crippen LogP contribution in [0.2, 0.25) is 0 Å². The van der Waals surface area contributed by atoms with E-state index in [1.807, 2.05) is 0 Å². The Bertz CT molecular complexity index is 553. The first-order valence-corrected chi connectivity index (χ1v) is 7.76. The van der Waals surface area contributed by atoms with Gasteiger partial charge in [-0.3, -0.25) is 0 Å². The molecule has 1 aromatic rings. The molecule has 0 radical (unpaired) electrons. The summed E-state index contributed by atoms with van der Waals surface area (Å²) in [6.07, 6.45) is 0.571. The Kier molecular flexibility index (Phi) is 4.15. The average molecular weight is 289 g/mol. The summed E-state index contributed by atoms with van der Waals surface area (Å²) < 4.78 is 32.1. The van der Waals surface area contributed by atoms with Crippen molar-refractivity contribution in [2.45, 2.75) is 25.9 Å². The molecule has 0 amide bonds. The Labute approximate surface area is 110 Å². The second-order valence-electron chi connectivity index (χ2n) is 4.21. The Morgan fingerprint density at radius 2 is 2.37 bits per heavy atom. The van der Waals surface area contributed by atoms with E-state index in [4.69, 9.17) is 9.26 Å². The van der Waals surface area contributed by atoms with Crippen molar-refractivity contribution in [3.05, 3.63) is 11.7 Å². The minimum Gasteiger partial charge on any atom is -0.460 e. The number of hydrogen-bond acceptors (Lipinski definition) is 8. The Morgan fingerprint density at radius 1 is 1.58 bits per heavy atom. The van der Waals surface area contributed by atoms with Crippen LogP contribution in [0.3, 0.4) is 0 Å². The second kappa shape index (κ2) is 5.66. The fourth-order valence-corrected chi connectivity index (χ4v) is 3.50. The molecule has 1 N–H and O–H groups in total. The van der Waals surface area contributed by atoms with Crippen LogP contribution in [0.25, 0.3) is 0 Å². The third-order valence-corrected chi connectivity index (χ3v) is 4.47. The predicted molar refractivity (Wildman–Crippen MR) is 64.2 cm³/mol. The fourth-order valence-electron chi connectivity index (χ4n) is 1.79. The molecule has 0 bridgehead atoms. The van der Waals surface area contributed by atoms with E-state index in [-0.39, 0.29) is 42.4 Å². The lowest BCUT2D eigenvalue weighted by atomic mass is 10.3. The summed E-state index contributed by atoms with van der Waals surface area (Å²) in [7, 11) is -2.92. The van der Waals surface area contributed by atoms with Crippen LogP contribution in [0, 0.1) is 0 Å². The van der Waals surface area contributed by atoms with Crippen molar-refractivity contribution in [2.75, 3.05) is 18.1 Å².